The molecular formula is C15H35N3. The molecule has 0 bridgehead atoms. The number of likely N-dealkylation sites (N-methyl/N-ethyl adjacent to an activating group) is 1. The summed E-state index contributed by atoms with van der Waals surface area (Å²) < 4.78 is 0. The van der Waals surface area contributed by atoms with Crippen molar-refractivity contribution in [2.75, 3.05) is 33.7 Å². The molecule has 0 saturated heterocycles. The van der Waals surface area contributed by atoms with Crippen molar-refractivity contribution in [2.24, 2.45) is 11.7 Å². The standard InChI is InChI=1S/C15H35N3/c1-7-9-14(16)15(8-2)18(12-13(3)4)11-10-17(5)6/h13-15H,7-12,16H2,1-6H3. The lowest BCUT2D eigenvalue weighted by molar-refractivity contribution is 0.133. The van der Waals surface area contributed by atoms with Gasteiger partial charge in [0.05, 0.1) is 0 Å². The van der Waals surface area contributed by atoms with Crippen molar-refractivity contribution in [2.45, 2.75) is 59.0 Å². The van der Waals surface area contributed by atoms with Gasteiger partial charge in [-0.3, -0.25) is 4.90 Å². The molecule has 3 heteroatoms. The average Bonchev–Trinajstić information content (AvgIpc) is 2.26. The van der Waals surface area contributed by atoms with E-state index < -0.39 is 0 Å². The SMILES string of the molecule is CCCC(N)C(CC)N(CCN(C)C)CC(C)C. The first-order valence-electron chi connectivity index (χ1n) is 7.56. The van der Waals surface area contributed by atoms with Crippen LogP contribution in [0.4, 0.5) is 0 Å². The minimum atomic E-state index is 0.320. The highest BCUT2D eigenvalue weighted by molar-refractivity contribution is 4.82. The van der Waals surface area contributed by atoms with Crippen LogP contribution in [-0.4, -0.2) is 55.6 Å². The zero-order valence-electron chi connectivity index (χ0n) is 13.4. The maximum Gasteiger partial charge on any atom is 0.0245 e. The minimum absolute atomic E-state index is 0.320. The Balaban J connectivity index is 4.55. The van der Waals surface area contributed by atoms with E-state index in [1.165, 1.54) is 6.42 Å². The molecule has 0 aromatic heterocycles. The lowest BCUT2D eigenvalue weighted by atomic mass is 9.99. The second-order valence-corrected chi connectivity index (χ2v) is 6.12. The zero-order valence-corrected chi connectivity index (χ0v) is 13.4. The van der Waals surface area contributed by atoms with E-state index in [0.29, 0.717) is 18.0 Å². The average molecular weight is 257 g/mol. The zero-order chi connectivity index (χ0) is 14.1. The van der Waals surface area contributed by atoms with Gasteiger partial charge in [0.15, 0.2) is 0 Å². The molecule has 0 aromatic rings. The Morgan fingerprint density at radius 1 is 1.06 bits per heavy atom. The lowest BCUT2D eigenvalue weighted by Crippen LogP contribution is -2.50. The third kappa shape index (κ3) is 7.34. The van der Waals surface area contributed by atoms with Gasteiger partial charge in [0.2, 0.25) is 0 Å². The van der Waals surface area contributed by atoms with E-state index in [1.54, 1.807) is 0 Å². The molecule has 0 fully saturated rings. The molecule has 18 heavy (non-hydrogen) atoms. The molecule has 2 N–H and O–H groups in total. The quantitative estimate of drug-likeness (QED) is 0.652. The van der Waals surface area contributed by atoms with E-state index in [2.05, 4.69) is 51.6 Å². The van der Waals surface area contributed by atoms with Gasteiger partial charge in [-0.25, -0.2) is 0 Å². The van der Waals surface area contributed by atoms with Gasteiger partial charge in [-0.15, -0.1) is 0 Å². The molecule has 0 saturated carbocycles. The maximum atomic E-state index is 6.37. The van der Waals surface area contributed by atoms with Gasteiger partial charge in [0.25, 0.3) is 0 Å². The van der Waals surface area contributed by atoms with Gasteiger partial charge < -0.3 is 10.6 Å². The number of hydrogen-bond donors (Lipinski definition) is 1. The fourth-order valence-electron chi connectivity index (χ4n) is 2.55. The molecule has 3 nitrogen and oxygen atoms in total. The molecular weight excluding hydrogens is 222 g/mol. The molecule has 0 aromatic carbocycles. The number of hydrogen-bond acceptors (Lipinski definition) is 3. The largest absolute Gasteiger partial charge is 0.326 e. The van der Waals surface area contributed by atoms with Crippen molar-refractivity contribution in [1.82, 2.24) is 9.80 Å². The first-order valence-corrected chi connectivity index (χ1v) is 7.56. The van der Waals surface area contributed by atoms with Gasteiger partial charge in [0.1, 0.15) is 0 Å². The second kappa shape index (κ2) is 9.76. The van der Waals surface area contributed by atoms with Crippen LogP contribution < -0.4 is 5.73 Å². The highest BCUT2D eigenvalue weighted by atomic mass is 15.2. The monoisotopic (exact) mass is 257 g/mol. The van der Waals surface area contributed by atoms with Crippen LogP contribution >= 0.6 is 0 Å². The summed E-state index contributed by atoms with van der Waals surface area (Å²) in [5.74, 6) is 0.704. The molecule has 0 amide bonds. The van der Waals surface area contributed by atoms with Gasteiger partial charge in [0, 0.05) is 31.7 Å². The summed E-state index contributed by atoms with van der Waals surface area (Å²) in [7, 11) is 4.28. The summed E-state index contributed by atoms with van der Waals surface area (Å²) >= 11 is 0. The topological polar surface area (TPSA) is 32.5 Å². The number of rotatable bonds is 10. The third-order valence-electron chi connectivity index (χ3n) is 3.44. The fourth-order valence-corrected chi connectivity index (χ4v) is 2.55. The normalized spacial score (nSPS) is 15.7. The van der Waals surface area contributed by atoms with Gasteiger partial charge >= 0.3 is 0 Å². The Morgan fingerprint density at radius 3 is 2.06 bits per heavy atom. The third-order valence-corrected chi connectivity index (χ3v) is 3.44. The maximum absolute atomic E-state index is 6.37. The van der Waals surface area contributed by atoms with E-state index in [4.69, 9.17) is 5.73 Å². The summed E-state index contributed by atoms with van der Waals surface area (Å²) in [6.07, 6.45) is 3.47. The van der Waals surface area contributed by atoms with Crippen molar-refractivity contribution >= 4 is 0 Å². The van der Waals surface area contributed by atoms with Gasteiger partial charge in [-0.1, -0.05) is 34.1 Å². The Kier molecular flexibility index (Phi) is 9.70. The molecule has 2 unspecified atom stereocenters. The lowest BCUT2D eigenvalue weighted by Gasteiger charge is -2.36. The van der Waals surface area contributed by atoms with Gasteiger partial charge in [-0.05, 0) is 32.9 Å². The van der Waals surface area contributed by atoms with Crippen LogP contribution in [0.15, 0.2) is 0 Å². The van der Waals surface area contributed by atoms with E-state index >= 15 is 0 Å². The smallest absolute Gasteiger partial charge is 0.0245 e. The van der Waals surface area contributed by atoms with Crippen molar-refractivity contribution < 1.29 is 0 Å². The number of nitrogens with zero attached hydrogens (tertiary/aromatic N) is 2. The summed E-state index contributed by atoms with van der Waals surface area (Å²) in [5.41, 5.74) is 6.37. The van der Waals surface area contributed by atoms with Crippen LogP contribution in [0, 0.1) is 5.92 Å². The highest BCUT2D eigenvalue weighted by Gasteiger charge is 2.23. The summed E-state index contributed by atoms with van der Waals surface area (Å²) in [6.45, 7) is 12.5. The molecule has 0 aliphatic heterocycles. The predicted octanol–water partition coefficient (Wildman–Crippen LogP) is 2.41. The van der Waals surface area contributed by atoms with Crippen LogP contribution in [-0.2, 0) is 0 Å². The van der Waals surface area contributed by atoms with Crippen molar-refractivity contribution in [3.63, 3.8) is 0 Å². The molecule has 0 spiro atoms. The predicted molar refractivity (Wildman–Crippen MR) is 81.9 cm³/mol. The first kappa shape index (κ1) is 17.9. The Morgan fingerprint density at radius 2 is 1.67 bits per heavy atom. The van der Waals surface area contributed by atoms with Crippen LogP contribution in [0.5, 0.6) is 0 Å². The van der Waals surface area contributed by atoms with Crippen molar-refractivity contribution in [1.29, 1.82) is 0 Å². The molecule has 2 atom stereocenters. The molecule has 0 aliphatic rings. The fraction of sp³-hybridized carbons (Fsp3) is 1.00. The Labute approximate surface area is 115 Å². The molecule has 0 radical (unpaired) electrons. The van der Waals surface area contributed by atoms with Crippen LogP contribution in [0.2, 0.25) is 0 Å². The Hall–Kier alpha value is -0.120. The minimum Gasteiger partial charge on any atom is -0.326 e. The van der Waals surface area contributed by atoms with Crippen molar-refractivity contribution in [3.05, 3.63) is 0 Å². The Bertz CT molecular complexity index is 192. The molecule has 0 aliphatic carbocycles. The summed E-state index contributed by atoms with van der Waals surface area (Å²) in [5, 5.41) is 0. The van der Waals surface area contributed by atoms with E-state index in [-0.39, 0.29) is 0 Å². The second-order valence-electron chi connectivity index (χ2n) is 6.12. The van der Waals surface area contributed by atoms with Crippen molar-refractivity contribution in [3.8, 4) is 0 Å². The first-order chi connectivity index (χ1) is 8.42. The molecule has 110 valence electrons. The van der Waals surface area contributed by atoms with Crippen LogP contribution in [0.3, 0.4) is 0 Å². The summed E-state index contributed by atoms with van der Waals surface area (Å²) in [4.78, 5) is 4.86. The van der Waals surface area contributed by atoms with E-state index in [1.807, 2.05) is 0 Å². The summed E-state index contributed by atoms with van der Waals surface area (Å²) in [6, 6.07) is 0.855. The van der Waals surface area contributed by atoms with E-state index in [0.717, 1.165) is 32.5 Å². The number of nitrogens with two attached hydrogens (primary N) is 1. The van der Waals surface area contributed by atoms with E-state index in [9.17, 15) is 0 Å². The van der Waals surface area contributed by atoms with Crippen LogP contribution in [0.25, 0.3) is 0 Å². The molecule has 0 heterocycles. The van der Waals surface area contributed by atoms with Gasteiger partial charge in [-0.2, -0.15) is 0 Å². The molecule has 0 rings (SSSR count). The highest BCUT2D eigenvalue weighted by Crippen LogP contribution is 2.14. The van der Waals surface area contributed by atoms with Crippen LogP contribution in [0.1, 0.15) is 47.0 Å².